The van der Waals surface area contributed by atoms with Gasteiger partial charge >= 0.3 is 0 Å². The molecule has 0 radical (unpaired) electrons. The van der Waals surface area contributed by atoms with Crippen LogP contribution in [0.5, 0.6) is 0 Å². The molecule has 4 aliphatic rings. The molecule has 6 nitrogen and oxygen atoms in total. The number of ether oxygens (including phenoxy) is 1. The summed E-state index contributed by atoms with van der Waals surface area (Å²) in [5.41, 5.74) is 7.54. The van der Waals surface area contributed by atoms with E-state index in [1.54, 1.807) is 18.9 Å². The Kier molecular flexibility index (Phi) is 6.27. The molecule has 1 aliphatic carbocycles. The smallest absolute Gasteiger partial charge is 0.256 e. The van der Waals surface area contributed by atoms with Crippen LogP contribution in [0, 0.1) is 6.92 Å². The molecular formula is C29H38N4O2. The van der Waals surface area contributed by atoms with Crippen LogP contribution in [0.2, 0.25) is 0 Å². The highest BCUT2D eigenvalue weighted by molar-refractivity contribution is 5.98. The van der Waals surface area contributed by atoms with E-state index in [0.29, 0.717) is 13.1 Å². The average molecular weight is 475 g/mol. The van der Waals surface area contributed by atoms with Crippen molar-refractivity contribution in [2.75, 3.05) is 38.2 Å². The number of carbonyl (C=O) groups is 1. The summed E-state index contributed by atoms with van der Waals surface area (Å²) in [7, 11) is 1.77. The van der Waals surface area contributed by atoms with Crippen molar-refractivity contribution in [3.05, 3.63) is 57.8 Å². The third-order valence-corrected chi connectivity index (χ3v) is 8.81. The highest BCUT2D eigenvalue weighted by Crippen LogP contribution is 2.31. The first kappa shape index (κ1) is 23.0. The van der Waals surface area contributed by atoms with E-state index in [2.05, 4.69) is 39.9 Å². The number of fused-ring (bicyclic) bond motifs is 2. The number of aromatic nitrogens is 1. The predicted molar refractivity (Wildman–Crippen MR) is 138 cm³/mol. The van der Waals surface area contributed by atoms with E-state index in [0.717, 1.165) is 55.3 Å². The molecule has 0 spiro atoms. The molecule has 1 aromatic heterocycles. The number of methoxy groups -OCH3 is 1. The zero-order valence-corrected chi connectivity index (χ0v) is 21.3. The van der Waals surface area contributed by atoms with Crippen molar-refractivity contribution in [2.24, 2.45) is 0 Å². The summed E-state index contributed by atoms with van der Waals surface area (Å²) < 4.78 is 5.51. The van der Waals surface area contributed by atoms with Gasteiger partial charge in [-0.15, -0.1) is 0 Å². The second kappa shape index (κ2) is 9.55. The van der Waals surface area contributed by atoms with Gasteiger partial charge in [0.1, 0.15) is 5.82 Å². The van der Waals surface area contributed by atoms with Crippen molar-refractivity contribution in [2.45, 2.75) is 77.1 Å². The van der Waals surface area contributed by atoms with Gasteiger partial charge in [-0.3, -0.25) is 9.69 Å². The zero-order valence-electron chi connectivity index (χ0n) is 21.3. The SMILES string of the molecule is COC1CCN(c2cc3c(cn2)C(=O)N(Cc2cc(C)c4c(c2)CCN(C2CCCC2)CC4)C3)C1. The van der Waals surface area contributed by atoms with Crippen molar-refractivity contribution in [1.82, 2.24) is 14.8 Å². The number of nitrogens with zero attached hydrogens (tertiary/aromatic N) is 4. The summed E-state index contributed by atoms with van der Waals surface area (Å²) in [5, 5.41) is 0. The van der Waals surface area contributed by atoms with Crippen LogP contribution in [0.1, 0.15) is 70.3 Å². The predicted octanol–water partition coefficient (Wildman–Crippen LogP) is 4.11. The summed E-state index contributed by atoms with van der Waals surface area (Å²) in [6, 6.07) is 7.61. The van der Waals surface area contributed by atoms with Crippen molar-refractivity contribution in [1.29, 1.82) is 0 Å². The zero-order chi connectivity index (χ0) is 23.9. The number of amides is 1. The Morgan fingerprint density at radius 2 is 1.86 bits per heavy atom. The van der Waals surface area contributed by atoms with E-state index in [1.165, 1.54) is 55.5 Å². The third-order valence-electron chi connectivity index (χ3n) is 8.81. The van der Waals surface area contributed by atoms with Gasteiger partial charge in [-0.1, -0.05) is 25.0 Å². The highest BCUT2D eigenvalue weighted by Gasteiger charge is 2.31. The number of anilines is 1. The molecule has 1 saturated heterocycles. The summed E-state index contributed by atoms with van der Waals surface area (Å²) in [6.07, 6.45) is 10.9. The molecule has 6 rings (SSSR count). The third kappa shape index (κ3) is 4.47. The molecule has 4 heterocycles. The van der Waals surface area contributed by atoms with Crippen LogP contribution in [0.15, 0.2) is 24.4 Å². The number of carbonyl (C=O) groups excluding carboxylic acids is 1. The van der Waals surface area contributed by atoms with Crippen LogP contribution in [-0.2, 0) is 30.7 Å². The molecule has 3 aliphatic heterocycles. The minimum atomic E-state index is 0.107. The molecule has 2 aromatic rings. The first-order valence-corrected chi connectivity index (χ1v) is 13.5. The first-order chi connectivity index (χ1) is 17.1. The van der Waals surface area contributed by atoms with E-state index in [4.69, 9.17) is 4.74 Å². The Hall–Kier alpha value is -2.44. The minimum Gasteiger partial charge on any atom is -0.380 e. The number of rotatable bonds is 5. The largest absolute Gasteiger partial charge is 0.380 e. The molecule has 1 atom stereocenters. The van der Waals surface area contributed by atoms with Gasteiger partial charge in [-0.05, 0) is 72.9 Å². The molecule has 186 valence electrons. The molecule has 35 heavy (non-hydrogen) atoms. The maximum atomic E-state index is 13.2. The fourth-order valence-corrected chi connectivity index (χ4v) is 6.81. The van der Waals surface area contributed by atoms with E-state index < -0.39 is 0 Å². The van der Waals surface area contributed by atoms with Gasteiger partial charge in [-0.25, -0.2) is 4.98 Å². The second-order valence-electron chi connectivity index (χ2n) is 11.0. The Labute approximate surface area is 209 Å². The molecule has 1 unspecified atom stereocenters. The van der Waals surface area contributed by atoms with Crippen LogP contribution in [0.4, 0.5) is 5.82 Å². The highest BCUT2D eigenvalue weighted by atomic mass is 16.5. The van der Waals surface area contributed by atoms with Crippen LogP contribution in [0.25, 0.3) is 0 Å². The van der Waals surface area contributed by atoms with E-state index >= 15 is 0 Å². The lowest BCUT2D eigenvalue weighted by Gasteiger charge is -2.26. The molecular weight excluding hydrogens is 436 g/mol. The van der Waals surface area contributed by atoms with Gasteiger partial charge in [0, 0.05) is 58.6 Å². The average Bonchev–Trinajstić information content (AvgIpc) is 3.59. The minimum absolute atomic E-state index is 0.107. The maximum absolute atomic E-state index is 13.2. The van der Waals surface area contributed by atoms with Gasteiger partial charge in [0.15, 0.2) is 0 Å². The number of benzene rings is 1. The normalized spacial score (nSPS) is 23.1. The maximum Gasteiger partial charge on any atom is 0.256 e. The lowest BCUT2D eigenvalue weighted by molar-refractivity contribution is 0.0766. The van der Waals surface area contributed by atoms with Gasteiger partial charge in [0.25, 0.3) is 5.91 Å². The van der Waals surface area contributed by atoms with Crippen molar-refractivity contribution in [3.63, 3.8) is 0 Å². The van der Waals surface area contributed by atoms with E-state index in [1.807, 2.05) is 4.90 Å². The Bertz CT molecular complexity index is 1110. The number of aryl methyl sites for hydroxylation is 1. The topological polar surface area (TPSA) is 48.9 Å². The van der Waals surface area contributed by atoms with Gasteiger partial charge in [0.05, 0.1) is 11.7 Å². The van der Waals surface area contributed by atoms with Crippen molar-refractivity contribution in [3.8, 4) is 0 Å². The number of hydrogen-bond acceptors (Lipinski definition) is 5. The second-order valence-corrected chi connectivity index (χ2v) is 11.0. The summed E-state index contributed by atoms with van der Waals surface area (Å²) in [6.45, 7) is 7.77. The lowest BCUT2D eigenvalue weighted by Crippen LogP contribution is -2.35. The molecule has 0 bridgehead atoms. The Balaban J connectivity index is 1.15. The molecule has 0 N–H and O–H groups in total. The first-order valence-electron chi connectivity index (χ1n) is 13.5. The van der Waals surface area contributed by atoms with Crippen LogP contribution in [0.3, 0.4) is 0 Å². The molecule has 1 amide bonds. The van der Waals surface area contributed by atoms with Gasteiger partial charge < -0.3 is 14.5 Å². The Morgan fingerprint density at radius 1 is 1.03 bits per heavy atom. The fourth-order valence-electron chi connectivity index (χ4n) is 6.81. The summed E-state index contributed by atoms with van der Waals surface area (Å²) in [4.78, 5) is 24.8. The molecule has 1 saturated carbocycles. The number of pyridine rings is 1. The summed E-state index contributed by atoms with van der Waals surface area (Å²) >= 11 is 0. The fraction of sp³-hybridized carbons (Fsp3) is 0.586. The van der Waals surface area contributed by atoms with Crippen molar-refractivity contribution < 1.29 is 9.53 Å². The molecule has 6 heteroatoms. The molecule has 1 aromatic carbocycles. The van der Waals surface area contributed by atoms with E-state index in [9.17, 15) is 4.79 Å². The molecule has 2 fully saturated rings. The standard InChI is InChI=1S/C29H38N4O2/c1-20-13-21(14-22-7-10-31(12-9-26(20)22)24-5-3-4-6-24)17-33-18-23-15-28(30-16-27(23)29(33)34)32-11-8-25(19-32)35-2/h13-16,24-25H,3-12,17-19H2,1-2H3. The quantitative estimate of drug-likeness (QED) is 0.653. The lowest BCUT2D eigenvalue weighted by atomic mass is 9.95. The van der Waals surface area contributed by atoms with Crippen LogP contribution < -0.4 is 4.90 Å². The van der Waals surface area contributed by atoms with Gasteiger partial charge in [0.2, 0.25) is 0 Å². The summed E-state index contributed by atoms with van der Waals surface area (Å²) in [5.74, 6) is 1.07. The Morgan fingerprint density at radius 3 is 2.66 bits per heavy atom. The van der Waals surface area contributed by atoms with Gasteiger partial charge in [-0.2, -0.15) is 0 Å². The van der Waals surface area contributed by atoms with Crippen LogP contribution in [-0.4, -0.2) is 66.1 Å². The van der Waals surface area contributed by atoms with E-state index in [-0.39, 0.29) is 12.0 Å². The number of hydrogen-bond donors (Lipinski definition) is 0. The van der Waals surface area contributed by atoms with Crippen molar-refractivity contribution >= 4 is 11.7 Å². The van der Waals surface area contributed by atoms with Crippen LogP contribution >= 0.6 is 0 Å². The monoisotopic (exact) mass is 474 g/mol.